The lowest BCUT2D eigenvalue weighted by Gasteiger charge is -2.24. The average molecular weight is 387 g/mol. The van der Waals surface area contributed by atoms with E-state index in [1.165, 1.54) is 0 Å². The van der Waals surface area contributed by atoms with Gasteiger partial charge in [0.1, 0.15) is 12.4 Å². The van der Waals surface area contributed by atoms with Crippen molar-refractivity contribution in [2.45, 2.75) is 38.6 Å². The summed E-state index contributed by atoms with van der Waals surface area (Å²) in [6.45, 7) is 2.55. The Morgan fingerprint density at radius 3 is 2.59 bits per heavy atom. The monoisotopic (exact) mass is 386 g/mol. The normalized spacial score (nSPS) is 16.3. The van der Waals surface area contributed by atoms with Crippen LogP contribution in [0.3, 0.4) is 0 Å². The maximum Gasteiger partial charge on any atom is 0.303 e. The number of benzene rings is 2. The van der Waals surface area contributed by atoms with Crippen LogP contribution >= 0.6 is 11.6 Å². The first-order valence-electron chi connectivity index (χ1n) is 9.03. The van der Waals surface area contributed by atoms with Crippen LogP contribution < -0.4 is 9.75 Å². The van der Waals surface area contributed by atoms with E-state index in [1.807, 2.05) is 60.5 Å². The molecule has 0 fully saturated rings. The Kier molecular flexibility index (Phi) is 6.35. The van der Waals surface area contributed by atoms with Crippen molar-refractivity contribution in [3.63, 3.8) is 0 Å². The number of hydrogen-bond donors (Lipinski definition) is 1. The molecule has 0 aromatic heterocycles. The van der Waals surface area contributed by atoms with Crippen molar-refractivity contribution in [3.05, 3.63) is 59.1 Å². The van der Waals surface area contributed by atoms with Gasteiger partial charge in [0, 0.05) is 23.6 Å². The van der Waals surface area contributed by atoms with E-state index in [-0.39, 0.29) is 12.5 Å². The summed E-state index contributed by atoms with van der Waals surface area (Å²) in [4.78, 5) is 10.6. The van der Waals surface area contributed by atoms with Gasteiger partial charge in [-0.2, -0.15) is 5.10 Å². The van der Waals surface area contributed by atoms with Crippen LogP contribution in [0.5, 0.6) is 5.75 Å². The summed E-state index contributed by atoms with van der Waals surface area (Å²) < 4.78 is 5.98. The molecule has 0 amide bonds. The number of ether oxygens (including phenoxy) is 1. The largest absolute Gasteiger partial charge is 0.491 e. The van der Waals surface area contributed by atoms with Gasteiger partial charge >= 0.3 is 5.97 Å². The van der Waals surface area contributed by atoms with E-state index in [4.69, 9.17) is 21.4 Å². The number of hydrogen-bond acceptors (Lipinski definition) is 4. The minimum Gasteiger partial charge on any atom is -0.491 e. The highest BCUT2D eigenvalue weighted by atomic mass is 35.5. The number of rotatable bonds is 8. The number of aryl methyl sites for hydroxylation is 1. The number of anilines is 1. The van der Waals surface area contributed by atoms with E-state index in [1.54, 1.807) is 0 Å². The molecule has 1 heterocycles. The molecule has 142 valence electrons. The van der Waals surface area contributed by atoms with Gasteiger partial charge in [-0.15, -0.1) is 0 Å². The van der Waals surface area contributed by atoms with Gasteiger partial charge < -0.3 is 9.84 Å². The highest BCUT2D eigenvalue weighted by Crippen LogP contribution is 2.26. The Labute approximate surface area is 164 Å². The Morgan fingerprint density at radius 1 is 1.22 bits per heavy atom. The zero-order chi connectivity index (χ0) is 19.2. The molecule has 1 aliphatic rings. The molecule has 1 N–H and O–H groups in total. The minimum atomic E-state index is -0.755. The predicted molar refractivity (Wildman–Crippen MR) is 108 cm³/mol. The lowest BCUT2D eigenvalue weighted by molar-refractivity contribution is -0.137. The van der Waals surface area contributed by atoms with Crippen LogP contribution in [0.15, 0.2) is 53.6 Å². The molecule has 0 bridgehead atoms. The van der Waals surface area contributed by atoms with Gasteiger partial charge in [-0.05, 0) is 61.7 Å². The number of carbonyl (C=O) groups is 1. The molecule has 2 aromatic rings. The molecular weight excluding hydrogens is 364 g/mol. The Balaban J connectivity index is 1.55. The number of carboxylic acid groups (broad SMARTS) is 1. The number of aliphatic carboxylic acids is 1. The van der Waals surface area contributed by atoms with Crippen LogP contribution in [0.25, 0.3) is 0 Å². The highest BCUT2D eigenvalue weighted by molar-refractivity contribution is 6.30. The maximum atomic E-state index is 10.6. The third kappa shape index (κ3) is 5.47. The maximum absolute atomic E-state index is 10.6. The van der Waals surface area contributed by atoms with Crippen molar-refractivity contribution < 1.29 is 14.6 Å². The van der Waals surface area contributed by atoms with Crippen molar-refractivity contribution in [2.75, 3.05) is 11.6 Å². The van der Waals surface area contributed by atoms with E-state index in [9.17, 15) is 4.79 Å². The van der Waals surface area contributed by atoms with Gasteiger partial charge in [0.25, 0.3) is 0 Å². The van der Waals surface area contributed by atoms with Crippen molar-refractivity contribution in [2.24, 2.45) is 5.10 Å². The molecule has 1 atom stereocenters. The van der Waals surface area contributed by atoms with E-state index in [0.29, 0.717) is 18.1 Å². The van der Waals surface area contributed by atoms with Gasteiger partial charge in [0.15, 0.2) is 0 Å². The van der Waals surface area contributed by atoms with E-state index < -0.39 is 5.97 Å². The molecule has 1 aliphatic heterocycles. The standard InChI is InChI=1S/C21H23ClN2O3/c1-15-13-19(24(23-15)18-9-7-17(22)8-10-18)14-27-20-11-5-16(6-12-20)3-2-4-21(25)26/h5-12,19H,2-4,13-14H2,1H3,(H,25,26). The zero-order valence-corrected chi connectivity index (χ0v) is 16.0. The Hall–Kier alpha value is -2.53. The van der Waals surface area contributed by atoms with E-state index in [2.05, 4.69) is 5.10 Å². The quantitative estimate of drug-likeness (QED) is 0.709. The molecule has 5 nitrogen and oxygen atoms in total. The molecule has 3 rings (SSSR count). The zero-order valence-electron chi connectivity index (χ0n) is 15.3. The van der Waals surface area contributed by atoms with Crippen LogP contribution in [0.1, 0.15) is 31.7 Å². The fourth-order valence-corrected chi connectivity index (χ4v) is 3.24. The summed E-state index contributed by atoms with van der Waals surface area (Å²) in [5.41, 5.74) is 3.19. The molecule has 2 aromatic carbocycles. The molecule has 0 saturated heterocycles. The van der Waals surface area contributed by atoms with Crippen molar-refractivity contribution in [1.82, 2.24) is 0 Å². The summed E-state index contributed by atoms with van der Waals surface area (Å²) in [5, 5.41) is 16.0. The second-order valence-electron chi connectivity index (χ2n) is 6.72. The summed E-state index contributed by atoms with van der Waals surface area (Å²) in [7, 11) is 0. The third-order valence-electron chi connectivity index (χ3n) is 4.47. The lowest BCUT2D eigenvalue weighted by Crippen LogP contribution is -2.32. The van der Waals surface area contributed by atoms with E-state index >= 15 is 0 Å². The summed E-state index contributed by atoms with van der Waals surface area (Å²) >= 11 is 5.98. The first-order valence-corrected chi connectivity index (χ1v) is 9.41. The third-order valence-corrected chi connectivity index (χ3v) is 4.72. The molecule has 0 aliphatic carbocycles. The average Bonchev–Trinajstić information content (AvgIpc) is 3.02. The van der Waals surface area contributed by atoms with Gasteiger partial charge in [-0.25, -0.2) is 0 Å². The van der Waals surface area contributed by atoms with Gasteiger partial charge in [-0.3, -0.25) is 9.80 Å². The molecular formula is C21H23ClN2O3. The molecule has 27 heavy (non-hydrogen) atoms. The molecule has 0 spiro atoms. The number of hydrazone groups is 1. The first-order chi connectivity index (χ1) is 13.0. The second-order valence-corrected chi connectivity index (χ2v) is 7.15. The van der Waals surface area contributed by atoms with Crippen molar-refractivity contribution in [3.8, 4) is 5.75 Å². The van der Waals surface area contributed by atoms with Crippen molar-refractivity contribution in [1.29, 1.82) is 0 Å². The van der Waals surface area contributed by atoms with Crippen LogP contribution in [0, 0.1) is 0 Å². The fraction of sp³-hybridized carbons (Fsp3) is 0.333. The number of halogens is 1. The number of carboxylic acids is 1. The van der Waals surface area contributed by atoms with Crippen molar-refractivity contribution >= 4 is 29.0 Å². The lowest BCUT2D eigenvalue weighted by atomic mass is 10.1. The highest BCUT2D eigenvalue weighted by Gasteiger charge is 2.26. The predicted octanol–water partition coefficient (Wildman–Crippen LogP) is 4.78. The summed E-state index contributed by atoms with van der Waals surface area (Å²) in [6, 6.07) is 15.6. The first kappa shape index (κ1) is 19.2. The number of nitrogens with zero attached hydrogens (tertiary/aromatic N) is 2. The molecule has 0 saturated carbocycles. The molecule has 6 heteroatoms. The minimum absolute atomic E-state index is 0.140. The van der Waals surface area contributed by atoms with Gasteiger partial charge in [0.05, 0.1) is 11.7 Å². The second kappa shape index (κ2) is 8.91. The fourth-order valence-electron chi connectivity index (χ4n) is 3.11. The summed E-state index contributed by atoms with van der Waals surface area (Å²) in [5.74, 6) is 0.0480. The van der Waals surface area contributed by atoms with Crippen LogP contribution in [-0.2, 0) is 11.2 Å². The molecule has 0 radical (unpaired) electrons. The topological polar surface area (TPSA) is 62.1 Å². The van der Waals surface area contributed by atoms with Gasteiger partial charge in [-0.1, -0.05) is 23.7 Å². The summed E-state index contributed by atoms with van der Waals surface area (Å²) in [6.07, 6.45) is 2.45. The van der Waals surface area contributed by atoms with Crippen LogP contribution in [0.4, 0.5) is 5.69 Å². The van der Waals surface area contributed by atoms with E-state index in [0.717, 1.165) is 35.6 Å². The van der Waals surface area contributed by atoms with Crippen LogP contribution in [-0.4, -0.2) is 29.4 Å². The SMILES string of the molecule is CC1=NN(c2ccc(Cl)cc2)C(COc2ccc(CCCC(=O)O)cc2)C1. The smallest absolute Gasteiger partial charge is 0.303 e. The Morgan fingerprint density at radius 2 is 1.93 bits per heavy atom. The van der Waals surface area contributed by atoms with Gasteiger partial charge in [0.2, 0.25) is 0 Å². The molecule has 1 unspecified atom stereocenters. The Bertz CT molecular complexity index is 803. The van der Waals surface area contributed by atoms with Crippen LogP contribution in [0.2, 0.25) is 5.02 Å².